The first-order chi connectivity index (χ1) is 7.12. The molecule has 0 spiro atoms. The van der Waals surface area contributed by atoms with Crippen LogP contribution in [0.5, 0.6) is 0 Å². The third kappa shape index (κ3) is 3.55. The van der Waals surface area contributed by atoms with Gasteiger partial charge >= 0.3 is 12.2 Å². The molecule has 0 aliphatic carbocycles. The van der Waals surface area contributed by atoms with Gasteiger partial charge in [0, 0.05) is 5.54 Å². The Morgan fingerprint density at radius 3 is 2.19 bits per heavy atom. The second-order valence-corrected chi connectivity index (χ2v) is 12.4. The molecule has 0 aromatic heterocycles. The first kappa shape index (κ1) is 14.2. The molecule has 16 heavy (non-hydrogen) atoms. The molecule has 1 atom stereocenters. The largest absolute Gasteiger partial charge is 0.416 e. The number of hydrogen-bond acceptors (Lipinski definition) is 0. The fraction of sp³-hybridized carbons (Fsp3) is 0.333. The number of hydrogen-bond donors (Lipinski definition) is 0. The van der Waals surface area contributed by atoms with Crippen molar-refractivity contribution in [3.8, 4) is 0 Å². The summed E-state index contributed by atoms with van der Waals surface area (Å²) in [6.45, 7) is 1.62. The van der Waals surface area contributed by atoms with E-state index in [-0.39, 0.29) is 0 Å². The second-order valence-electron chi connectivity index (χ2n) is 3.39. The summed E-state index contributed by atoms with van der Waals surface area (Å²) in [4.78, 5) is 0. The van der Waals surface area contributed by atoms with Gasteiger partial charge in [0.15, 0.2) is 0 Å². The molecule has 0 nitrogen and oxygen atoms in total. The molecule has 1 aromatic rings. The molecule has 1 unspecified atom stereocenters. The number of rotatable bonds is 2. The zero-order valence-corrected chi connectivity index (χ0v) is 11.4. The Balaban J connectivity index is 3.09. The lowest BCUT2D eigenvalue weighted by Gasteiger charge is -2.19. The Morgan fingerprint density at radius 1 is 1.19 bits per heavy atom. The first-order valence-corrected chi connectivity index (χ1v) is 9.47. The van der Waals surface area contributed by atoms with Crippen LogP contribution in [0.15, 0.2) is 24.3 Å². The van der Waals surface area contributed by atoms with Crippen LogP contribution in [-0.2, 0) is 6.18 Å². The Kier molecular flexibility index (Phi) is 4.22. The van der Waals surface area contributed by atoms with Crippen LogP contribution in [0, 0.1) is 0 Å². The van der Waals surface area contributed by atoms with Crippen LogP contribution in [0.1, 0.15) is 23.6 Å². The topological polar surface area (TPSA) is 0 Å². The zero-order chi connectivity index (χ0) is 12.6. The monoisotopic (exact) mass is 306 g/mol. The van der Waals surface area contributed by atoms with Gasteiger partial charge in [-0.2, -0.15) is 13.2 Å². The van der Waals surface area contributed by atoms with Gasteiger partial charge in [0.25, 0.3) is 0 Å². The Bertz CT molecular complexity index is 373. The van der Waals surface area contributed by atoms with Crippen molar-refractivity contribution in [2.24, 2.45) is 0 Å². The lowest BCUT2D eigenvalue weighted by atomic mass is 10.1. The Morgan fingerprint density at radius 2 is 1.75 bits per heavy atom. The normalized spacial score (nSPS) is 14.9. The summed E-state index contributed by atoms with van der Waals surface area (Å²) in [5.41, 5.74) is -0.790. The van der Waals surface area contributed by atoms with Crippen molar-refractivity contribution >= 4 is 39.2 Å². The van der Waals surface area contributed by atoms with Crippen molar-refractivity contribution in [3.05, 3.63) is 35.4 Å². The molecule has 0 radical (unpaired) electrons. The predicted octanol–water partition coefficient (Wildman–Crippen LogP) is 5.00. The lowest BCUT2D eigenvalue weighted by Crippen LogP contribution is -2.20. The smallest absolute Gasteiger partial charge is 0.166 e. The molecule has 1 rings (SSSR count). The van der Waals surface area contributed by atoms with E-state index in [9.17, 15) is 13.2 Å². The molecular weight excluding hydrogens is 300 g/mol. The summed E-state index contributed by atoms with van der Waals surface area (Å²) in [6, 6.07) is 1.84. The summed E-state index contributed by atoms with van der Waals surface area (Å²) in [5, 5.41) is 0. The highest BCUT2D eigenvalue weighted by Crippen LogP contribution is 2.38. The summed E-state index contributed by atoms with van der Waals surface area (Å²) in [6.07, 6.45) is -4.37. The summed E-state index contributed by atoms with van der Waals surface area (Å²) < 4.78 is 37.3. The average molecular weight is 308 g/mol. The zero-order valence-electron chi connectivity index (χ0n) is 8.15. The van der Waals surface area contributed by atoms with Crippen LogP contribution in [-0.4, -0.2) is 6.00 Å². The van der Waals surface area contributed by atoms with E-state index < -0.39 is 23.3 Å². The van der Waals surface area contributed by atoms with E-state index in [0.717, 1.165) is 12.1 Å². The third-order valence-corrected chi connectivity index (χ3v) is 6.47. The van der Waals surface area contributed by atoms with Gasteiger partial charge in [-0.15, -0.1) is 33.2 Å². The van der Waals surface area contributed by atoms with E-state index in [1.807, 2.05) is 0 Å². The predicted molar refractivity (Wildman–Crippen MR) is 63.2 cm³/mol. The van der Waals surface area contributed by atoms with Gasteiger partial charge in [-0.25, -0.2) is 0 Å². The SMILES string of the molecule is CC(c1cccc(C(F)(F)F)c1)[Si](Cl)(Cl)Cl. The van der Waals surface area contributed by atoms with Gasteiger partial charge in [-0.1, -0.05) is 25.1 Å². The minimum absolute atomic E-state index is 0.404. The molecule has 7 heteroatoms. The standard InChI is InChI=1S/C9H8Cl3F3Si/c1-6(16(10,11)12)7-3-2-4-8(5-7)9(13,14)15/h2-6H,1H3. The van der Waals surface area contributed by atoms with Gasteiger partial charge in [0.2, 0.25) is 0 Å². The van der Waals surface area contributed by atoms with Crippen LogP contribution in [0.3, 0.4) is 0 Å². The summed E-state index contributed by atoms with van der Waals surface area (Å²) in [7, 11) is 0. The van der Waals surface area contributed by atoms with Gasteiger partial charge < -0.3 is 0 Å². The van der Waals surface area contributed by atoms with E-state index in [4.69, 9.17) is 33.2 Å². The summed E-state index contributed by atoms with van der Waals surface area (Å²) in [5.74, 6) is 0. The molecule has 0 saturated heterocycles. The van der Waals surface area contributed by atoms with Gasteiger partial charge in [-0.3, -0.25) is 0 Å². The van der Waals surface area contributed by atoms with E-state index in [1.54, 1.807) is 6.92 Å². The molecule has 0 saturated carbocycles. The van der Waals surface area contributed by atoms with Crippen molar-refractivity contribution in [2.75, 3.05) is 0 Å². The van der Waals surface area contributed by atoms with Crippen LogP contribution in [0.2, 0.25) is 0 Å². The van der Waals surface area contributed by atoms with Gasteiger partial charge in [0.05, 0.1) is 5.56 Å². The summed E-state index contributed by atoms with van der Waals surface area (Å²) >= 11 is 17.3. The van der Waals surface area contributed by atoms with Crippen LogP contribution >= 0.6 is 33.2 Å². The van der Waals surface area contributed by atoms with Crippen molar-refractivity contribution in [1.29, 1.82) is 0 Å². The molecule has 0 aliphatic heterocycles. The number of alkyl halides is 3. The quantitative estimate of drug-likeness (QED) is 0.532. The van der Waals surface area contributed by atoms with Gasteiger partial charge in [0.1, 0.15) is 0 Å². The number of benzene rings is 1. The van der Waals surface area contributed by atoms with Crippen molar-refractivity contribution in [2.45, 2.75) is 18.6 Å². The van der Waals surface area contributed by atoms with E-state index in [2.05, 4.69) is 0 Å². The highest BCUT2D eigenvalue weighted by atomic mass is 35.8. The maximum Gasteiger partial charge on any atom is 0.416 e. The van der Waals surface area contributed by atoms with E-state index in [0.29, 0.717) is 5.56 Å². The van der Waals surface area contributed by atoms with Crippen LogP contribution in [0.4, 0.5) is 13.2 Å². The minimum Gasteiger partial charge on any atom is -0.166 e. The molecule has 1 aromatic carbocycles. The van der Waals surface area contributed by atoms with Crippen molar-refractivity contribution < 1.29 is 13.2 Å². The molecule has 0 bridgehead atoms. The Labute approximate surface area is 106 Å². The maximum absolute atomic E-state index is 12.4. The first-order valence-electron chi connectivity index (χ1n) is 4.36. The lowest BCUT2D eigenvalue weighted by molar-refractivity contribution is -0.137. The maximum atomic E-state index is 12.4. The van der Waals surface area contributed by atoms with Gasteiger partial charge in [-0.05, 0) is 11.6 Å². The van der Waals surface area contributed by atoms with Crippen molar-refractivity contribution in [1.82, 2.24) is 0 Å². The molecule has 0 aliphatic rings. The van der Waals surface area contributed by atoms with Crippen LogP contribution in [0.25, 0.3) is 0 Å². The highest BCUT2D eigenvalue weighted by Gasteiger charge is 2.36. The molecule has 0 heterocycles. The molecule has 0 N–H and O–H groups in total. The van der Waals surface area contributed by atoms with Crippen LogP contribution < -0.4 is 0 Å². The average Bonchev–Trinajstić information content (AvgIpc) is 2.14. The van der Waals surface area contributed by atoms with E-state index in [1.165, 1.54) is 12.1 Å². The molecule has 90 valence electrons. The fourth-order valence-electron chi connectivity index (χ4n) is 1.17. The second kappa shape index (κ2) is 4.76. The van der Waals surface area contributed by atoms with Crippen molar-refractivity contribution in [3.63, 3.8) is 0 Å². The number of halogens is 6. The minimum atomic E-state index is -4.37. The van der Waals surface area contributed by atoms with E-state index >= 15 is 0 Å². The third-order valence-electron chi connectivity index (χ3n) is 2.20. The Hall–Kier alpha value is 0.0969. The molecular formula is C9H8Cl3F3Si. The fourth-order valence-corrected chi connectivity index (χ4v) is 2.86. The molecule has 0 fully saturated rings. The highest BCUT2D eigenvalue weighted by molar-refractivity contribution is 7.65. The molecule has 0 amide bonds.